The summed E-state index contributed by atoms with van der Waals surface area (Å²) in [6, 6.07) is 26.1. The van der Waals surface area contributed by atoms with Crippen LogP contribution in [0.5, 0.6) is 0 Å². The normalized spacial score (nSPS) is 12.8. The zero-order valence-corrected chi connectivity index (χ0v) is 20.9. The maximum absolute atomic E-state index is 13.2. The minimum Gasteiger partial charge on any atom is -0.449 e. The van der Waals surface area contributed by atoms with Gasteiger partial charge >= 0.3 is 5.97 Å². The number of carbonyl (C=O) groups is 2. The summed E-state index contributed by atoms with van der Waals surface area (Å²) in [5, 5.41) is 13.0. The lowest BCUT2D eigenvalue weighted by Crippen LogP contribution is -2.50. The minimum absolute atomic E-state index is 0.0905. The van der Waals surface area contributed by atoms with E-state index >= 15 is 0 Å². The summed E-state index contributed by atoms with van der Waals surface area (Å²) in [6.45, 7) is 5.09. The Hall–Kier alpha value is -3.62. The van der Waals surface area contributed by atoms with Crippen molar-refractivity contribution in [3.63, 3.8) is 0 Å². The maximum Gasteiger partial charge on any atom is 0.311 e. The fourth-order valence-corrected chi connectivity index (χ4v) is 4.03. The molecule has 0 aliphatic rings. The Morgan fingerprint density at radius 2 is 1.69 bits per heavy atom. The molecule has 2 atom stereocenters. The van der Waals surface area contributed by atoms with E-state index in [9.17, 15) is 14.9 Å². The molecule has 0 saturated carbocycles. The maximum atomic E-state index is 13.2. The van der Waals surface area contributed by atoms with Crippen molar-refractivity contribution in [2.24, 2.45) is 0 Å². The second-order valence-electron chi connectivity index (χ2n) is 9.08. The summed E-state index contributed by atoms with van der Waals surface area (Å²) in [4.78, 5) is 25.6. The van der Waals surface area contributed by atoms with Gasteiger partial charge in [-0.05, 0) is 68.1 Å². The van der Waals surface area contributed by atoms with Gasteiger partial charge in [-0.3, -0.25) is 9.59 Å². The van der Waals surface area contributed by atoms with E-state index in [1.54, 1.807) is 19.9 Å². The predicted octanol–water partition coefficient (Wildman–Crippen LogP) is 5.61. The van der Waals surface area contributed by atoms with Crippen LogP contribution < -0.4 is 5.32 Å². The van der Waals surface area contributed by atoms with Crippen molar-refractivity contribution in [3.05, 3.63) is 106 Å². The Labute approximate surface area is 211 Å². The molecule has 5 nitrogen and oxygen atoms in total. The number of rotatable bonds is 9. The fourth-order valence-electron chi connectivity index (χ4n) is 3.91. The molecular weight excluding hydrogens is 460 g/mol. The number of hydrogen-bond donors (Lipinski definition) is 1. The van der Waals surface area contributed by atoms with Crippen molar-refractivity contribution in [1.29, 1.82) is 5.26 Å². The summed E-state index contributed by atoms with van der Waals surface area (Å²) in [6.07, 6.45) is 0.717. The van der Waals surface area contributed by atoms with Crippen molar-refractivity contribution in [2.45, 2.75) is 51.2 Å². The van der Waals surface area contributed by atoms with E-state index in [4.69, 9.17) is 16.3 Å². The molecule has 0 bridgehead atoms. The van der Waals surface area contributed by atoms with Gasteiger partial charge in [0.1, 0.15) is 0 Å². The van der Waals surface area contributed by atoms with Gasteiger partial charge in [0.2, 0.25) is 0 Å². The molecule has 0 spiro atoms. The molecule has 0 heterocycles. The van der Waals surface area contributed by atoms with Crippen molar-refractivity contribution in [2.75, 3.05) is 0 Å². The minimum atomic E-state index is -1.35. The summed E-state index contributed by atoms with van der Waals surface area (Å²) in [5.74, 6) is -0.975. The van der Waals surface area contributed by atoms with Gasteiger partial charge in [0.15, 0.2) is 5.60 Å². The first kappa shape index (κ1) is 26.0. The molecule has 180 valence electrons. The van der Waals surface area contributed by atoms with Crippen LogP contribution >= 0.6 is 11.6 Å². The highest BCUT2D eigenvalue weighted by Crippen LogP contribution is 2.27. The number of esters is 1. The topological polar surface area (TPSA) is 79.2 Å². The van der Waals surface area contributed by atoms with Gasteiger partial charge in [-0.1, -0.05) is 66.2 Å². The van der Waals surface area contributed by atoms with E-state index in [-0.39, 0.29) is 24.3 Å². The molecule has 0 saturated heterocycles. The summed E-state index contributed by atoms with van der Waals surface area (Å²) < 4.78 is 5.55. The third-order valence-corrected chi connectivity index (χ3v) is 6.13. The van der Waals surface area contributed by atoms with E-state index in [0.29, 0.717) is 17.0 Å². The van der Waals surface area contributed by atoms with Gasteiger partial charge in [0.05, 0.1) is 18.1 Å². The fraction of sp³-hybridized carbons (Fsp3) is 0.276. The molecule has 0 fully saturated rings. The van der Waals surface area contributed by atoms with Crippen LogP contribution in [0.1, 0.15) is 48.9 Å². The molecule has 0 unspecified atom stereocenters. The molecule has 3 aromatic rings. The molecule has 1 N–H and O–H groups in total. The highest BCUT2D eigenvalue weighted by atomic mass is 35.5. The predicted molar refractivity (Wildman–Crippen MR) is 137 cm³/mol. The lowest BCUT2D eigenvalue weighted by molar-refractivity contribution is -0.164. The molecular formula is C29H29ClN2O3. The quantitative estimate of drug-likeness (QED) is 0.397. The van der Waals surface area contributed by atoms with Crippen LogP contribution in [0.3, 0.4) is 0 Å². The van der Waals surface area contributed by atoms with Gasteiger partial charge in [0, 0.05) is 17.0 Å². The van der Waals surface area contributed by atoms with Crippen molar-refractivity contribution >= 4 is 23.5 Å². The molecule has 6 heteroatoms. The van der Waals surface area contributed by atoms with E-state index in [1.165, 1.54) is 0 Å². The number of nitriles is 1. The Bertz CT molecular complexity index is 1200. The average molecular weight is 489 g/mol. The second kappa shape index (κ2) is 11.7. The van der Waals surface area contributed by atoms with Crippen LogP contribution in [0.2, 0.25) is 5.02 Å². The number of amides is 1. The first-order chi connectivity index (χ1) is 16.7. The molecule has 1 amide bonds. The number of benzene rings is 3. The summed E-state index contributed by atoms with van der Waals surface area (Å²) in [7, 11) is 0. The molecule has 0 radical (unpaired) electrons. The Balaban J connectivity index is 1.75. The molecule has 0 aliphatic heterocycles. The molecule has 3 rings (SSSR count). The number of halogens is 1. The summed E-state index contributed by atoms with van der Waals surface area (Å²) >= 11 is 6.04. The van der Waals surface area contributed by atoms with Gasteiger partial charge in [0.25, 0.3) is 5.91 Å². The molecule has 3 aromatic carbocycles. The highest BCUT2D eigenvalue weighted by Gasteiger charge is 2.34. The second-order valence-corrected chi connectivity index (χ2v) is 9.52. The number of ether oxygens (including phenoxy) is 1. The Morgan fingerprint density at radius 3 is 2.34 bits per heavy atom. The van der Waals surface area contributed by atoms with Gasteiger partial charge in [-0.2, -0.15) is 5.26 Å². The van der Waals surface area contributed by atoms with Crippen LogP contribution in [0.4, 0.5) is 0 Å². The lowest BCUT2D eigenvalue weighted by atomic mass is 9.85. The zero-order chi connectivity index (χ0) is 25.4. The first-order valence-electron chi connectivity index (χ1n) is 11.5. The largest absolute Gasteiger partial charge is 0.449 e. The summed E-state index contributed by atoms with van der Waals surface area (Å²) in [5.41, 5.74) is 2.02. The average Bonchev–Trinajstić information content (AvgIpc) is 2.83. The molecule has 0 aromatic heterocycles. The number of nitrogens with one attached hydrogen (secondary N) is 1. The third-order valence-electron chi connectivity index (χ3n) is 5.88. The Kier molecular flexibility index (Phi) is 8.68. The third kappa shape index (κ3) is 7.43. The van der Waals surface area contributed by atoms with Gasteiger partial charge in [-0.15, -0.1) is 0 Å². The number of nitrogens with zero attached hydrogens (tertiary/aromatic N) is 1. The van der Waals surface area contributed by atoms with E-state index in [0.717, 1.165) is 16.7 Å². The van der Waals surface area contributed by atoms with E-state index in [2.05, 4.69) is 11.4 Å². The van der Waals surface area contributed by atoms with Gasteiger partial charge in [-0.25, -0.2) is 0 Å². The monoisotopic (exact) mass is 488 g/mol. The zero-order valence-electron chi connectivity index (χ0n) is 20.1. The van der Waals surface area contributed by atoms with Crippen molar-refractivity contribution in [3.8, 4) is 6.07 Å². The van der Waals surface area contributed by atoms with Crippen molar-refractivity contribution in [1.82, 2.24) is 5.32 Å². The van der Waals surface area contributed by atoms with Crippen LogP contribution in [-0.2, 0) is 27.2 Å². The molecule has 35 heavy (non-hydrogen) atoms. The highest BCUT2D eigenvalue weighted by molar-refractivity contribution is 6.30. The van der Waals surface area contributed by atoms with Crippen LogP contribution in [0.25, 0.3) is 0 Å². The number of hydrogen-bond acceptors (Lipinski definition) is 4. The first-order valence-corrected chi connectivity index (χ1v) is 11.9. The van der Waals surface area contributed by atoms with E-state index < -0.39 is 11.6 Å². The molecule has 0 aliphatic carbocycles. The van der Waals surface area contributed by atoms with Crippen molar-refractivity contribution < 1.29 is 14.3 Å². The number of carbonyl (C=O) groups excluding carboxylic acids is 2. The van der Waals surface area contributed by atoms with Crippen LogP contribution in [0.15, 0.2) is 78.9 Å². The van der Waals surface area contributed by atoms with Crippen LogP contribution in [-0.4, -0.2) is 23.5 Å². The van der Waals surface area contributed by atoms with Crippen LogP contribution in [0, 0.1) is 11.3 Å². The van der Waals surface area contributed by atoms with E-state index in [1.807, 2.05) is 79.7 Å². The van der Waals surface area contributed by atoms with Gasteiger partial charge < -0.3 is 10.1 Å². The SMILES string of the molecule is C[C@H](NC(=O)C(C)(C)OC(=O)Cc1ccccc1)[C@@H](Cc1ccc(Cl)cc1)c1cccc(C#N)c1. The Morgan fingerprint density at radius 1 is 1.00 bits per heavy atom. The standard InChI is InChI=1S/C29H29ClN2O3/c1-20(32-28(34)29(2,3)35-27(33)18-21-8-5-4-6-9-21)26(17-22-12-14-25(30)15-13-22)24-11-7-10-23(16-24)19-31/h4-16,20,26H,17-18H2,1-3H3,(H,32,34)/t20-,26+/m0/s1. The lowest BCUT2D eigenvalue weighted by Gasteiger charge is -2.30. The smallest absolute Gasteiger partial charge is 0.311 e.